The summed E-state index contributed by atoms with van der Waals surface area (Å²) in [5, 5.41) is 0. The van der Waals surface area contributed by atoms with Gasteiger partial charge in [0.2, 0.25) is 0 Å². The second kappa shape index (κ2) is 6.15. The van der Waals surface area contributed by atoms with Crippen molar-refractivity contribution >= 4 is 0 Å². The van der Waals surface area contributed by atoms with E-state index < -0.39 is 0 Å². The van der Waals surface area contributed by atoms with Gasteiger partial charge in [-0.05, 0) is 37.3 Å². The predicted molar refractivity (Wildman–Crippen MR) is 71.4 cm³/mol. The Morgan fingerprint density at radius 3 is 2.53 bits per heavy atom. The summed E-state index contributed by atoms with van der Waals surface area (Å²) in [5.41, 5.74) is 6.65. The van der Waals surface area contributed by atoms with Crippen molar-refractivity contribution in [2.24, 2.45) is 11.7 Å². The van der Waals surface area contributed by atoms with Crippen molar-refractivity contribution in [2.45, 2.75) is 52.0 Å². The van der Waals surface area contributed by atoms with Crippen molar-refractivity contribution in [1.29, 1.82) is 0 Å². The van der Waals surface area contributed by atoms with Gasteiger partial charge in [0.05, 0.1) is 0 Å². The van der Waals surface area contributed by atoms with Crippen LogP contribution in [0, 0.1) is 11.7 Å². The Bertz CT molecular complexity index is 345. The minimum atomic E-state index is -0.308. The normalized spacial score (nSPS) is 14.9. The summed E-state index contributed by atoms with van der Waals surface area (Å²) in [6.07, 6.45) is 3.85. The summed E-state index contributed by atoms with van der Waals surface area (Å²) in [7, 11) is 0. The van der Waals surface area contributed by atoms with Gasteiger partial charge in [0, 0.05) is 5.54 Å². The number of hydrogen-bond donors (Lipinski definition) is 1. The molecule has 2 heteroatoms. The number of hydrogen-bond acceptors (Lipinski definition) is 1. The molecule has 0 aliphatic heterocycles. The SMILES string of the molecule is CC(C)CCCC(C)(N)Cc1ccccc1F. The lowest BCUT2D eigenvalue weighted by Crippen LogP contribution is -2.38. The van der Waals surface area contributed by atoms with E-state index in [1.54, 1.807) is 6.07 Å². The molecule has 0 radical (unpaired) electrons. The van der Waals surface area contributed by atoms with Crippen molar-refractivity contribution < 1.29 is 4.39 Å². The van der Waals surface area contributed by atoms with Crippen molar-refractivity contribution in [1.82, 2.24) is 0 Å². The highest BCUT2D eigenvalue weighted by atomic mass is 19.1. The average Bonchev–Trinajstić information content (AvgIpc) is 2.20. The molecule has 0 aromatic heterocycles. The molecule has 0 amide bonds. The minimum Gasteiger partial charge on any atom is -0.325 e. The highest BCUT2D eigenvalue weighted by molar-refractivity contribution is 5.19. The van der Waals surface area contributed by atoms with Crippen LogP contribution >= 0.6 is 0 Å². The van der Waals surface area contributed by atoms with E-state index in [-0.39, 0.29) is 11.4 Å². The summed E-state index contributed by atoms with van der Waals surface area (Å²) in [5.74, 6) is 0.562. The number of benzene rings is 1. The Morgan fingerprint density at radius 2 is 1.94 bits per heavy atom. The Kier molecular flexibility index (Phi) is 5.13. The summed E-state index contributed by atoms with van der Waals surface area (Å²) < 4.78 is 13.5. The van der Waals surface area contributed by atoms with Crippen molar-refractivity contribution in [3.8, 4) is 0 Å². The molecular formula is C15H24FN. The quantitative estimate of drug-likeness (QED) is 0.797. The highest BCUT2D eigenvalue weighted by Gasteiger charge is 2.20. The van der Waals surface area contributed by atoms with Crippen LogP contribution in [-0.4, -0.2) is 5.54 Å². The van der Waals surface area contributed by atoms with Gasteiger partial charge in [-0.1, -0.05) is 44.9 Å². The molecule has 1 unspecified atom stereocenters. The van der Waals surface area contributed by atoms with Gasteiger partial charge in [-0.2, -0.15) is 0 Å². The first-order valence-electron chi connectivity index (χ1n) is 6.43. The first kappa shape index (κ1) is 14.2. The van der Waals surface area contributed by atoms with Gasteiger partial charge in [0.1, 0.15) is 5.82 Å². The van der Waals surface area contributed by atoms with Crippen LogP contribution in [0.2, 0.25) is 0 Å². The second-order valence-electron chi connectivity index (χ2n) is 5.71. The molecule has 0 heterocycles. The Morgan fingerprint density at radius 1 is 1.29 bits per heavy atom. The first-order chi connectivity index (χ1) is 7.91. The van der Waals surface area contributed by atoms with E-state index in [1.807, 2.05) is 19.1 Å². The third-order valence-corrected chi connectivity index (χ3v) is 3.08. The third-order valence-electron chi connectivity index (χ3n) is 3.08. The fraction of sp³-hybridized carbons (Fsp3) is 0.600. The van der Waals surface area contributed by atoms with Gasteiger partial charge < -0.3 is 5.73 Å². The summed E-state index contributed by atoms with van der Waals surface area (Å²) >= 11 is 0. The van der Waals surface area contributed by atoms with Crippen LogP contribution in [0.4, 0.5) is 4.39 Å². The number of nitrogens with two attached hydrogens (primary N) is 1. The fourth-order valence-corrected chi connectivity index (χ4v) is 2.08. The molecular weight excluding hydrogens is 213 g/mol. The third kappa shape index (κ3) is 5.31. The Labute approximate surface area is 104 Å². The summed E-state index contributed by atoms with van der Waals surface area (Å²) in [6, 6.07) is 6.90. The van der Waals surface area contributed by atoms with Gasteiger partial charge in [-0.3, -0.25) is 0 Å². The van der Waals surface area contributed by atoms with Crippen LogP contribution < -0.4 is 5.73 Å². The smallest absolute Gasteiger partial charge is 0.126 e. The maximum Gasteiger partial charge on any atom is 0.126 e. The number of rotatable bonds is 6. The summed E-state index contributed by atoms with van der Waals surface area (Å²) in [6.45, 7) is 6.44. The monoisotopic (exact) mass is 237 g/mol. The van der Waals surface area contributed by atoms with Crippen LogP contribution in [0.3, 0.4) is 0 Å². The van der Waals surface area contributed by atoms with E-state index >= 15 is 0 Å². The molecule has 1 aromatic rings. The molecule has 0 saturated heterocycles. The molecule has 2 N–H and O–H groups in total. The van der Waals surface area contributed by atoms with Gasteiger partial charge in [-0.15, -0.1) is 0 Å². The van der Waals surface area contributed by atoms with E-state index in [0.717, 1.165) is 18.4 Å². The van der Waals surface area contributed by atoms with Gasteiger partial charge in [-0.25, -0.2) is 4.39 Å². The highest BCUT2D eigenvalue weighted by Crippen LogP contribution is 2.20. The molecule has 0 spiro atoms. The van der Waals surface area contributed by atoms with Crippen molar-refractivity contribution in [3.05, 3.63) is 35.6 Å². The van der Waals surface area contributed by atoms with Gasteiger partial charge in [0.25, 0.3) is 0 Å². The van der Waals surface area contributed by atoms with Crippen LogP contribution in [0.1, 0.15) is 45.6 Å². The van der Waals surface area contributed by atoms with Crippen LogP contribution in [0.15, 0.2) is 24.3 Å². The lowest BCUT2D eigenvalue weighted by molar-refractivity contribution is 0.386. The summed E-state index contributed by atoms with van der Waals surface area (Å²) in [4.78, 5) is 0. The van der Waals surface area contributed by atoms with Crippen molar-refractivity contribution in [2.75, 3.05) is 0 Å². The van der Waals surface area contributed by atoms with E-state index in [2.05, 4.69) is 13.8 Å². The zero-order valence-electron chi connectivity index (χ0n) is 11.2. The largest absolute Gasteiger partial charge is 0.325 e. The van der Waals surface area contributed by atoms with E-state index in [9.17, 15) is 4.39 Å². The van der Waals surface area contributed by atoms with Gasteiger partial charge >= 0.3 is 0 Å². The molecule has 1 atom stereocenters. The minimum absolute atomic E-state index is 0.145. The predicted octanol–water partition coefficient (Wildman–Crippen LogP) is 3.91. The van der Waals surface area contributed by atoms with E-state index in [0.29, 0.717) is 12.3 Å². The molecule has 17 heavy (non-hydrogen) atoms. The zero-order valence-corrected chi connectivity index (χ0v) is 11.2. The van der Waals surface area contributed by atoms with E-state index in [4.69, 9.17) is 5.73 Å². The van der Waals surface area contributed by atoms with Crippen molar-refractivity contribution in [3.63, 3.8) is 0 Å². The molecule has 96 valence electrons. The number of halogens is 1. The Hall–Kier alpha value is -0.890. The maximum atomic E-state index is 13.5. The molecule has 1 rings (SSSR count). The van der Waals surface area contributed by atoms with Crippen LogP contribution in [-0.2, 0) is 6.42 Å². The zero-order chi connectivity index (χ0) is 12.9. The molecule has 0 aliphatic rings. The lowest BCUT2D eigenvalue weighted by atomic mass is 9.87. The Balaban J connectivity index is 2.51. The maximum absolute atomic E-state index is 13.5. The molecule has 0 bridgehead atoms. The molecule has 0 saturated carbocycles. The molecule has 1 nitrogen and oxygen atoms in total. The lowest BCUT2D eigenvalue weighted by Gasteiger charge is -2.25. The molecule has 0 fully saturated rings. The molecule has 1 aromatic carbocycles. The van der Waals surface area contributed by atoms with E-state index in [1.165, 1.54) is 12.5 Å². The second-order valence-corrected chi connectivity index (χ2v) is 5.71. The molecule has 0 aliphatic carbocycles. The first-order valence-corrected chi connectivity index (χ1v) is 6.43. The van der Waals surface area contributed by atoms with Crippen LogP contribution in [0.5, 0.6) is 0 Å². The topological polar surface area (TPSA) is 26.0 Å². The van der Waals surface area contributed by atoms with Crippen LogP contribution in [0.25, 0.3) is 0 Å². The average molecular weight is 237 g/mol. The fourth-order valence-electron chi connectivity index (χ4n) is 2.08. The standard InChI is InChI=1S/C15H24FN/c1-12(2)7-6-10-15(3,17)11-13-8-4-5-9-14(13)16/h4-5,8-9,12H,6-7,10-11,17H2,1-3H3. The van der Waals surface area contributed by atoms with Gasteiger partial charge in [0.15, 0.2) is 0 Å².